The number of para-hydroxylation sites is 1. The molecule has 0 N–H and O–H groups in total. The van der Waals surface area contributed by atoms with Gasteiger partial charge >= 0.3 is 0 Å². The van der Waals surface area contributed by atoms with E-state index in [0.29, 0.717) is 4.91 Å². The Morgan fingerprint density at radius 1 is 0.788 bits per heavy atom. The normalized spacial score (nSPS) is 15.2. The number of aromatic nitrogens is 1. The summed E-state index contributed by atoms with van der Waals surface area (Å²) >= 11 is 1.02. The van der Waals surface area contributed by atoms with Gasteiger partial charge in [-0.25, -0.2) is 0 Å². The number of carbonyl (C=O) groups excluding carboxylic acids is 2. The molecule has 5 rings (SSSR count). The third-order valence-corrected chi connectivity index (χ3v) is 6.98. The Morgan fingerprint density at radius 2 is 1.45 bits per heavy atom. The van der Waals surface area contributed by atoms with Gasteiger partial charge in [-0.3, -0.25) is 14.5 Å². The van der Waals surface area contributed by atoms with Crippen LogP contribution in [0.3, 0.4) is 0 Å². The van der Waals surface area contributed by atoms with E-state index in [1.807, 2.05) is 67.6 Å². The van der Waals surface area contributed by atoms with Crippen LogP contribution in [0.5, 0.6) is 0 Å². The van der Waals surface area contributed by atoms with Crippen molar-refractivity contribution < 1.29 is 9.59 Å². The molecule has 0 unspecified atom stereocenters. The molecule has 0 radical (unpaired) electrons. The van der Waals surface area contributed by atoms with Gasteiger partial charge in [-0.05, 0) is 48.9 Å². The first-order valence-electron chi connectivity index (χ1n) is 10.9. The Balaban J connectivity index is 1.50. The lowest BCUT2D eigenvalue weighted by molar-refractivity contribution is -0.123. The number of thioether (sulfide) groups is 1. The molecule has 1 aliphatic heterocycles. The molecule has 4 aromatic rings. The van der Waals surface area contributed by atoms with Crippen molar-refractivity contribution >= 4 is 39.9 Å². The second-order valence-corrected chi connectivity index (χ2v) is 9.33. The number of hydrogen-bond acceptors (Lipinski definition) is 3. The van der Waals surface area contributed by atoms with Crippen molar-refractivity contribution in [1.82, 2.24) is 9.47 Å². The Bertz CT molecular complexity index is 1380. The molecule has 33 heavy (non-hydrogen) atoms. The Kier molecular flexibility index (Phi) is 5.65. The Morgan fingerprint density at radius 3 is 2.21 bits per heavy atom. The maximum atomic E-state index is 13.1. The maximum absolute atomic E-state index is 13.1. The number of nitrogens with zero attached hydrogens (tertiary/aromatic N) is 2. The van der Waals surface area contributed by atoms with Crippen LogP contribution in [0, 0.1) is 13.8 Å². The van der Waals surface area contributed by atoms with E-state index in [4.69, 9.17) is 0 Å². The number of rotatable bonds is 5. The van der Waals surface area contributed by atoms with Gasteiger partial charge in [-0.15, -0.1) is 0 Å². The summed E-state index contributed by atoms with van der Waals surface area (Å²) < 4.78 is 2.27. The van der Waals surface area contributed by atoms with E-state index in [1.165, 1.54) is 10.5 Å². The van der Waals surface area contributed by atoms with E-state index < -0.39 is 0 Å². The van der Waals surface area contributed by atoms with E-state index in [0.717, 1.165) is 51.6 Å². The predicted molar refractivity (Wildman–Crippen MR) is 135 cm³/mol. The molecule has 0 bridgehead atoms. The van der Waals surface area contributed by atoms with Crippen molar-refractivity contribution in [2.24, 2.45) is 0 Å². The Labute approximate surface area is 197 Å². The van der Waals surface area contributed by atoms with Crippen molar-refractivity contribution in [2.45, 2.75) is 26.9 Å². The van der Waals surface area contributed by atoms with Crippen LogP contribution in [0.4, 0.5) is 4.79 Å². The predicted octanol–water partition coefficient (Wildman–Crippen LogP) is 6.54. The van der Waals surface area contributed by atoms with Gasteiger partial charge in [0.25, 0.3) is 11.1 Å². The van der Waals surface area contributed by atoms with Gasteiger partial charge in [0.05, 0.1) is 11.4 Å². The zero-order valence-electron chi connectivity index (χ0n) is 18.6. The fourth-order valence-corrected chi connectivity index (χ4v) is 5.07. The summed E-state index contributed by atoms with van der Waals surface area (Å²) in [5.41, 5.74) is 6.48. The van der Waals surface area contributed by atoms with Crippen molar-refractivity contribution in [3.63, 3.8) is 0 Å². The molecule has 0 spiro atoms. The zero-order chi connectivity index (χ0) is 22.9. The minimum absolute atomic E-state index is 0.225. The highest BCUT2D eigenvalue weighted by Gasteiger charge is 2.35. The third kappa shape index (κ3) is 4.12. The van der Waals surface area contributed by atoms with E-state index in [-0.39, 0.29) is 17.7 Å². The van der Waals surface area contributed by atoms with Crippen LogP contribution in [0.2, 0.25) is 0 Å². The molecule has 0 saturated carbocycles. The molecule has 0 atom stereocenters. The van der Waals surface area contributed by atoms with E-state index >= 15 is 0 Å². The van der Waals surface area contributed by atoms with Gasteiger partial charge in [0, 0.05) is 28.7 Å². The average molecular weight is 453 g/mol. The molecule has 0 aliphatic carbocycles. The van der Waals surface area contributed by atoms with Gasteiger partial charge in [0.1, 0.15) is 0 Å². The topological polar surface area (TPSA) is 42.3 Å². The van der Waals surface area contributed by atoms with Crippen molar-refractivity contribution in [3.05, 3.63) is 112 Å². The zero-order valence-corrected chi connectivity index (χ0v) is 19.4. The molecule has 1 aliphatic rings. The molecule has 5 heteroatoms. The lowest BCUT2D eigenvalue weighted by Gasteiger charge is -2.12. The third-order valence-electron chi connectivity index (χ3n) is 6.07. The largest absolute Gasteiger partial charge is 0.340 e. The second-order valence-electron chi connectivity index (χ2n) is 8.34. The van der Waals surface area contributed by atoms with Crippen LogP contribution in [-0.4, -0.2) is 20.6 Å². The molecule has 1 saturated heterocycles. The SMILES string of the molecule is Cc1ccc(CN2C(=O)S/C(=C\c3c(C)n(Cc4ccccc4)c4ccccc34)C2=O)cc1. The molecular weight excluding hydrogens is 428 g/mol. The van der Waals surface area contributed by atoms with Crippen LogP contribution in [0.25, 0.3) is 17.0 Å². The quantitative estimate of drug-likeness (QED) is 0.323. The van der Waals surface area contributed by atoms with E-state index in [9.17, 15) is 9.59 Å². The summed E-state index contributed by atoms with van der Waals surface area (Å²) in [5.74, 6) is -0.232. The lowest BCUT2D eigenvalue weighted by atomic mass is 10.1. The van der Waals surface area contributed by atoms with Crippen LogP contribution in [0.15, 0.2) is 83.8 Å². The highest BCUT2D eigenvalue weighted by molar-refractivity contribution is 8.18. The maximum Gasteiger partial charge on any atom is 0.293 e. The summed E-state index contributed by atoms with van der Waals surface area (Å²) in [6.45, 7) is 5.13. The number of hydrogen-bond donors (Lipinski definition) is 0. The Hall–Kier alpha value is -3.57. The summed E-state index contributed by atoms with van der Waals surface area (Å²) in [6.07, 6.45) is 1.89. The number of carbonyl (C=O) groups is 2. The van der Waals surface area contributed by atoms with Crippen LogP contribution >= 0.6 is 11.8 Å². The number of aryl methyl sites for hydroxylation is 1. The van der Waals surface area contributed by atoms with E-state index in [1.54, 1.807) is 0 Å². The molecular formula is C28H24N2O2S. The smallest absolute Gasteiger partial charge is 0.293 e. The standard InChI is InChI=1S/C28H24N2O2S/c1-19-12-14-22(15-13-19)18-30-27(31)26(33-28(30)32)16-24-20(2)29(17-21-8-4-3-5-9-21)25-11-7-6-10-23(24)25/h3-16H,17-18H2,1-2H3/b26-16-. The highest BCUT2D eigenvalue weighted by atomic mass is 32.2. The van der Waals surface area contributed by atoms with Gasteiger partial charge in [0.2, 0.25) is 0 Å². The van der Waals surface area contributed by atoms with E-state index in [2.05, 4.69) is 35.8 Å². The van der Waals surface area contributed by atoms with Gasteiger partial charge in [-0.2, -0.15) is 0 Å². The van der Waals surface area contributed by atoms with Gasteiger partial charge in [-0.1, -0.05) is 78.4 Å². The molecule has 3 aromatic carbocycles. The van der Waals surface area contributed by atoms with Gasteiger partial charge < -0.3 is 4.57 Å². The summed E-state index contributed by atoms with van der Waals surface area (Å²) in [6, 6.07) is 26.5. The molecule has 1 aromatic heterocycles. The summed E-state index contributed by atoms with van der Waals surface area (Å²) in [4.78, 5) is 27.6. The van der Waals surface area contributed by atoms with Crippen LogP contribution in [-0.2, 0) is 17.9 Å². The molecule has 164 valence electrons. The minimum Gasteiger partial charge on any atom is -0.340 e. The number of benzene rings is 3. The number of imide groups is 1. The van der Waals surface area contributed by atoms with Crippen molar-refractivity contribution in [2.75, 3.05) is 0 Å². The van der Waals surface area contributed by atoms with Crippen LogP contribution in [0.1, 0.15) is 27.9 Å². The van der Waals surface area contributed by atoms with Crippen molar-refractivity contribution in [3.8, 4) is 0 Å². The first-order valence-corrected chi connectivity index (χ1v) is 11.8. The molecule has 4 nitrogen and oxygen atoms in total. The molecule has 2 heterocycles. The fourth-order valence-electron chi connectivity index (χ4n) is 4.25. The first kappa shape index (κ1) is 21.3. The summed E-state index contributed by atoms with van der Waals surface area (Å²) in [7, 11) is 0. The number of amides is 2. The molecule has 1 fully saturated rings. The van der Waals surface area contributed by atoms with Crippen LogP contribution < -0.4 is 0 Å². The highest BCUT2D eigenvalue weighted by Crippen LogP contribution is 2.36. The van der Waals surface area contributed by atoms with Gasteiger partial charge in [0.15, 0.2) is 0 Å². The average Bonchev–Trinajstić information content (AvgIpc) is 3.24. The monoisotopic (exact) mass is 452 g/mol. The minimum atomic E-state index is -0.232. The molecule has 2 amide bonds. The summed E-state index contributed by atoms with van der Waals surface area (Å²) in [5, 5.41) is 0.855. The second kappa shape index (κ2) is 8.75. The first-order chi connectivity index (χ1) is 16.0. The lowest BCUT2D eigenvalue weighted by Crippen LogP contribution is -2.27. The fraction of sp³-hybridized carbons (Fsp3) is 0.143. The van der Waals surface area contributed by atoms with Crippen molar-refractivity contribution in [1.29, 1.82) is 0 Å². The number of fused-ring (bicyclic) bond motifs is 1.